The summed E-state index contributed by atoms with van der Waals surface area (Å²) in [6.07, 6.45) is 0.593. The molecule has 1 aliphatic rings. The van der Waals surface area contributed by atoms with Crippen molar-refractivity contribution >= 4 is 22.4 Å². The van der Waals surface area contributed by atoms with Gasteiger partial charge in [0, 0.05) is 43.4 Å². The summed E-state index contributed by atoms with van der Waals surface area (Å²) in [6.45, 7) is 1.88. The molecule has 0 spiro atoms. The number of pyridine rings is 1. The van der Waals surface area contributed by atoms with Crippen LogP contribution in [0.3, 0.4) is 0 Å². The molecule has 0 radical (unpaired) electrons. The van der Waals surface area contributed by atoms with Crippen molar-refractivity contribution in [3.05, 3.63) is 89.8 Å². The van der Waals surface area contributed by atoms with Crippen LogP contribution in [-0.2, 0) is 0 Å². The Kier molecular flexibility index (Phi) is 6.82. The van der Waals surface area contributed by atoms with Gasteiger partial charge in [-0.05, 0) is 54.8 Å². The molecule has 35 heavy (non-hydrogen) atoms. The number of benzene rings is 2. The highest BCUT2D eigenvalue weighted by Gasteiger charge is 2.33. The van der Waals surface area contributed by atoms with Gasteiger partial charge in [-0.1, -0.05) is 24.3 Å². The minimum Gasteiger partial charge on any atom is -0.485 e. The first-order valence-corrected chi connectivity index (χ1v) is 11.2. The van der Waals surface area contributed by atoms with E-state index in [1.807, 2.05) is 44.1 Å². The molecule has 2 atom stereocenters. The summed E-state index contributed by atoms with van der Waals surface area (Å²) in [6, 6.07) is 14.2. The van der Waals surface area contributed by atoms with Crippen LogP contribution in [0.15, 0.2) is 78.5 Å². The molecule has 1 aliphatic carbocycles. The molecule has 1 N–H and O–H groups in total. The minimum atomic E-state index is -4.36. The Balaban J connectivity index is 1.48. The van der Waals surface area contributed by atoms with E-state index in [2.05, 4.69) is 10.3 Å². The molecule has 1 heterocycles. The zero-order chi connectivity index (χ0) is 25.2. The minimum absolute atomic E-state index is 0.128. The van der Waals surface area contributed by atoms with E-state index in [4.69, 9.17) is 4.74 Å². The van der Waals surface area contributed by atoms with E-state index in [0.717, 1.165) is 34.3 Å². The second-order valence-corrected chi connectivity index (χ2v) is 8.63. The number of ether oxygens (including phenoxy) is 1. The van der Waals surface area contributed by atoms with E-state index in [1.54, 1.807) is 36.5 Å². The Bertz CT molecular complexity index is 1300. The molecule has 1 amide bonds. The number of carbonyl (C=O) groups excluding carboxylic acids is 1. The monoisotopic (exact) mass is 481 g/mol. The van der Waals surface area contributed by atoms with E-state index in [0.29, 0.717) is 11.3 Å². The van der Waals surface area contributed by atoms with Gasteiger partial charge in [-0.15, -0.1) is 0 Å². The van der Waals surface area contributed by atoms with Gasteiger partial charge in [-0.3, -0.25) is 9.78 Å². The van der Waals surface area contributed by atoms with Gasteiger partial charge in [0.25, 0.3) is 5.91 Å². The number of anilines is 1. The highest BCUT2D eigenvalue weighted by Crippen LogP contribution is 2.32. The summed E-state index contributed by atoms with van der Waals surface area (Å²) in [5.41, 5.74) is 1.57. The van der Waals surface area contributed by atoms with Crippen molar-refractivity contribution in [3.8, 4) is 5.75 Å². The summed E-state index contributed by atoms with van der Waals surface area (Å²) in [4.78, 5) is 19.3. The van der Waals surface area contributed by atoms with E-state index in [9.17, 15) is 18.0 Å². The fourth-order valence-electron chi connectivity index (χ4n) is 3.86. The third-order valence-corrected chi connectivity index (χ3v) is 5.84. The Hall–Kier alpha value is -3.81. The Morgan fingerprint density at radius 3 is 2.66 bits per heavy atom. The molecule has 8 heteroatoms. The average molecular weight is 482 g/mol. The topological polar surface area (TPSA) is 54.5 Å². The Morgan fingerprint density at radius 2 is 1.97 bits per heavy atom. The first kappa shape index (κ1) is 24.3. The lowest BCUT2D eigenvalue weighted by Crippen LogP contribution is -2.27. The molecule has 0 bridgehead atoms. The number of halogens is 3. The highest BCUT2D eigenvalue weighted by molar-refractivity contribution is 6.00. The van der Waals surface area contributed by atoms with Crippen LogP contribution >= 0.6 is 0 Å². The van der Waals surface area contributed by atoms with E-state index < -0.39 is 17.9 Å². The zero-order valence-corrected chi connectivity index (χ0v) is 19.6. The average Bonchev–Trinajstić information content (AvgIpc) is 2.83. The molecule has 182 valence electrons. The number of rotatable bonds is 6. The predicted molar refractivity (Wildman–Crippen MR) is 131 cm³/mol. The molecule has 0 fully saturated rings. The lowest BCUT2D eigenvalue weighted by atomic mass is 10.0. The van der Waals surface area contributed by atoms with Gasteiger partial charge >= 0.3 is 6.18 Å². The van der Waals surface area contributed by atoms with Crippen LogP contribution < -0.4 is 15.0 Å². The molecule has 2 aromatic carbocycles. The SMILES string of the molecule is C[C@@H](NC(=O)c1ccc2c(OC3C=CC(C(F)(F)F)=CC3)cccc2c1)c1cc(N(C)C)ccn1. The number of hydrogen-bond acceptors (Lipinski definition) is 4. The number of fused-ring (bicyclic) bond motifs is 1. The first-order valence-electron chi connectivity index (χ1n) is 11.2. The van der Waals surface area contributed by atoms with Gasteiger partial charge in [-0.25, -0.2) is 0 Å². The highest BCUT2D eigenvalue weighted by atomic mass is 19.4. The maximum atomic E-state index is 12.9. The molecule has 1 aromatic heterocycles. The van der Waals surface area contributed by atoms with Crippen LogP contribution in [0.5, 0.6) is 5.75 Å². The number of amides is 1. The predicted octanol–water partition coefficient (Wildman–Crippen LogP) is 5.99. The maximum Gasteiger partial charge on any atom is 0.416 e. The Labute approximate surface area is 201 Å². The quantitative estimate of drug-likeness (QED) is 0.470. The van der Waals surface area contributed by atoms with Crippen molar-refractivity contribution in [2.45, 2.75) is 31.7 Å². The number of nitrogens with zero attached hydrogens (tertiary/aromatic N) is 2. The summed E-state index contributed by atoms with van der Waals surface area (Å²) < 4.78 is 44.5. The maximum absolute atomic E-state index is 12.9. The molecular weight excluding hydrogens is 455 g/mol. The number of allylic oxidation sites excluding steroid dienone is 2. The van der Waals surface area contributed by atoms with Crippen LogP contribution in [0.2, 0.25) is 0 Å². The number of nitrogens with one attached hydrogen (secondary N) is 1. The van der Waals surface area contributed by atoms with Crippen LogP contribution in [0.25, 0.3) is 10.8 Å². The zero-order valence-electron chi connectivity index (χ0n) is 19.6. The molecule has 0 saturated carbocycles. The summed E-state index contributed by atoms with van der Waals surface area (Å²) in [7, 11) is 3.88. The van der Waals surface area contributed by atoms with Crippen molar-refractivity contribution in [1.29, 1.82) is 0 Å². The molecule has 0 saturated heterocycles. The van der Waals surface area contributed by atoms with E-state index >= 15 is 0 Å². The van der Waals surface area contributed by atoms with Gasteiger partial charge in [0.05, 0.1) is 17.3 Å². The number of hydrogen-bond donors (Lipinski definition) is 1. The van der Waals surface area contributed by atoms with Gasteiger partial charge in [0.2, 0.25) is 0 Å². The summed E-state index contributed by atoms with van der Waals surface area (Å²) in [5.74, 6) is 0.314. The third kappa shape index (κ3) is 5.65. The van der Waals surface area contributed by atoms with Gasteiger partial charge < -0.3 is 15.0 Å². The largest absolute Gasteiger partial charge is 0.485 e. The van der Waals surface area contributed by atoms with Crippen molar-refractivity contribution in [2.75, 3.05) is 19.0 Å². The van der Waals surface area contributed by atoms with E-state index in [-0.39, 0.29) is 18.4 Å². The van der Waals surface area contributed by atoms with Gasteiger partial charge in [0.1, 0.15) is 11.9 Å². The molecule has 0 aliphatic heterocycles. The summed E-state index contributed by atoms with van der Waals surface area (Å²) >= 11 is 0. The van der Waals surface area contributed by atoms with Gasteiger partial charge in [-0.2, -0.15) is 13.2 Å². The van der Waals surface area contributed by atoms with E-state index in [1.165, 1.54) is 6.08 Å². The molecule has 1 unspecified atom stereocenters. The van der Waals surface area contributed by atoms with Crippen molar-refractivity contribution < 1.29 is 22.7 Å². The lowest BCUT2D eigenvalue weighted by molar-refractivity contribution is -0.0888. The first-order chi connectivity index (χ1) is 16.6. The fourth-order valence-corrected chi connectivity index (χ4v) is 3.86. The van der Waals surface area contributed by atoms with Gasteiger partial charge in [0.15, 0.2) is 0 Å². The number of alkyl halides is 3. The number of carbonyl (C=O) groups is 1. The molecule has 4 rings (SSSR count). The van der Waals surface area contributed by atoms with Crippen LogP contribution in [-0.4, -0.2) is 37.3 Å². The third-order valence-electron chi connectivity index (χ3n) is 5.84. The number of aromatic nitrogens is 1. The standard InChI is InChI=1S/C27H26F3N3O2/c1-17(24-16-21(33(2)3)13-14-31-24)32-26(34)19-7-12-23-18(15-19)5-4-6-25(23)35-22-10-8-20(9-11-22)27(28,29)30/h4-10,12-17,22H,11H2,1-3H3,(H,32,34)/t17-,22?/m1/s1. The van der Waals surface area contributed by atoms with Crippen molar-refractivity contribution in [3.63, 3.8) is 0 Å². The van der Waals surface area contributed by atoms with Crippen LogP contribution in [0.1, 0.15) is 35.4 Å². The summed E-state index contributed by atoms with van der Waals surface area (Å²) in [5, 5.41) is 4.55. The van der Waals surface area contributed by atoms with Crippen LogP contribution in [0.4, 0.5) is 18.9 Å². The molecule has 3 aromatic rings. The second kappa shape index (κ2) is 9.82. The lowest BCUT2D eigenvalue weighted by Gasteiger charge is -2.20. The Morgan fingerprint density at radius 1 is 1.17 bits per heavy atom. The van der Waals surface area contributed by atoms with Crippen molar-refractivity contribution in [1.82, 2.24) is 10.3 Å². The smallest absolute Gasteiger partial charge is 0.416 e. The second-order valence-electron chi connectivity index (χ2n) is 8.63. The van der Waals surface area contributed by atoms with Crippen LogP contribution in [0, 0.1) is 0 Å². The fraction of sp³-hybridized carbons (Fsp3) is 0.259. The molecule has 5 nitrogen and oxygen atoms in total. The molecular formula is C27H26F3N3O2. The van der Waals surface area contributed by atoms with Crippen molar-refractivity contribution in [2.24, 2.45) is 0 Å². The normalized spacial score (nSPS) is 16.5.